The molecule has 0 heterocycles. The number of nitrogens with one attached hydrogen (secondary N) is 1. The smallest absolute Gasteiger partial charge is 0.244 e. The van der Waals surface area contributed by atoms with Gasteiger partial charge in [0.1, 0.15) is 12.6 Å². The molecule has 8 heteroatoms. The van der Waals surface area contributed by atoms with Gasteiger partial charge in [-0.3, -0.25) is 13.9 Å². The van der Waals surface area contributed by atoms with E-state index in [2.05, 4.69) is 5.32 Å². The van der Waals surface area contributed by atoms with E-state index in [1.165, 1.54) is 4.90 Å². The zero-order valence-electron chi connectivity index (χ0n) is 23.4. The summed E-state index contributed by atoms with van der Waals surface area (Å²) in [4.78, 5) is 29.3. The van der Waals surface area contributed by atoms with E-state index >= 15 is 0 Å². The van der Waals surface area contributed by atoms with Crippen molar-refractivity contribution in [3.05, 3.63) is 101 Å². The van der Waals surface area contributed by atoms with Crippen LogP contribution in [0.3, 0.4) is 0 Å². The molecule has 2 amide bonds. The minimum absolute atomic E-state index is 0.170. The SMILES string of the molecule is Cc1ccccc1CN(C(=O)CN(c1ccccc1C)S(C)(=O)=O)[C@@H](Cc1ccccc1)C(=O)NCC(C)C. The number of benzene rings is 3. The lowest BCUT2D eigenvalue weighted by Gasteiger charge is -2.34. The first kappa shape index (κ1) is 29.9. The van der Waals surface area contributed by atoms with Gasteiger partial charge < -0.3 is 10.2 Å². The normalized spacial score (nSPS) is 12.2. The van der Waals surface area contributed by atoms with Crippen LogP contribution in [0.25, 0.3) is 0 Å². The highest BCUT2D eigenvalue weighted by atomic mass is 32.2. The molecule has 0 fully saturated rings. The Labute approximate surface area is 232 Å². The maximum atomic E-state index is 14.1. The van der Waals surface area contributed by atoms with Crippen molar-refractivity contribution in [3.63, 3.8) is 0 Å². The fraction of sp³-hybridized carbons (Fsp3) is 0.355. The molecule has 0 bridgehead atoms. The molecule has 3 aromatic carbocycles. The maximum absolute atomic E-state index is 14.1. The molecule has 0 saturated carbocycles. The molecule has 39 heavy (non-hydrogen) atoms. The molecule has 0 saturated heterocycles. The van der Waals surface area contributed by atoms with E-state index in [0.29, 0.717) is 18.7 Å². The molecule has 0 aliphatic rings. The lowest BCUT2D eigenvalue weighted by molar-refractivity contribution is -0.140. The van der Waals surface area contributed by atoms with Crippen molar-refractivity contribution in [1.29, 1.82) is 0 Å². The van der Waals surface area contributed by atoms with Gasteiger partial charge in [0.2, 0.25) is 21.8 Å². The monoisotopic (exact) mass is 549 g/mol. The van der Waals surface area contributed by atoms with Gasteiger partial charge >= 0.3 is 0 Å². The van der Waals surface area contributed by atoms with Gasteiger partial charge in [-0.05, 0) is 48.1 Å². The Morgan fingerprint density at radius 2 is 1.44 bits per heavy atom. The predicted molar refractivity (Wildman–Crippen MR) is 157 cm³/mol. The first-order valence-corrected chi connectivity index (χ1v) is 15.0. The summed E-state index contributed by atoms with van der Waals surface area (Å²) < 4.78 is 26.9. The predicted octanol–water partition coefficient (Wildman–Crippen LogP) is 4.48. The second kappa shape index (κ2) is 13.4. The summed E-state index contributed by atoms with van der Waals surface area (Å²) in [7, 11) is -3.79. The summed E-state index contributed by atoms with van der Waals surface area (Å²) in [6.07, 6.45) is 1.39. The number of nitrogens with zero attached hydrogens (tertiary/aromatic N) is 2. The summed E-state index contributed by atoms with van der Waals surface area (Å²) >= 11 is 0. The molecule has 0 aliphatic heterocycles. The van der Waals surface area contributed by atoms with Crippen LogP contribution >= 0.6 is 0 Å². The van der Waals surface area contributed by atoms with Crippen molar-refractivity contribution >= 4 is 27.5 Å². The Hall–Kier alpha value is -3.65. The summed E-state index contributed by atoms with van der Waals surface area (Å²) in [6.45, 7) is 8.00. The lowest BCUT2D eigenvalue weighted by atomic mass is 10.0. The Morgan fingerprint density at radius 1 is 0.846 bits per heavy atom. The van der Waals surface area contributed by atoms with E-state index < -0.39 is 28.5 Å². The van der Waals surface area contributed by atoms with Crippen molar-refractivity contribution < 1.29 is 18.0 Å². The molecule has 3 rings (SSSR count). The van der Waals surface area contributed by atoms with Gasteiger partial charge in [-0.1, -0.05) is 86.6 Å². The molecule has 0 aliphatic carbocycles. The Morgan fingerprint density at radius 3 is 2.03 bits per heavy atom. The van der Waals surface area contributed by atoms with Crippen molar-refractivity contribution in [2.45, 2.75) is 46.7 Å². The van der Waals surface area contributed by atoms with E-state index in [-0.39, 0.29) is 18.4 Å². The van der Waals surface area contributed by atoms with Crippen molar-refractivity contribution in [1.82, 2.24) is 10.2 Å². The Bertz CT molecular complexity index is 1370. The van der Waals surface area contributed by atoms with Gasteiger partial charge in [0.05, 0.1) is 11.9 Å². The van der Waals surface area contributed by atoms with E-state index in [9.17, 15) is 18.0 Å². The van der Waals surface area contributed by atoms with Crippen LogP contribution in [-0.4, -0.2) is 50.5 Å². The molecule has 1 N–H and O–H groups in total. The number of amides is 2. The summed E-state index contributed by atoms with van der Waals surface area (Å²) in [5, 5.41) is 3.00. The van der Waals surface area contributed by atoms with Gasteiger partial charge in [0.15, 0.2) is 0 Å². The molecule has 3 aromatic rings. The lowest BCUT2D eigenvalue weighted by Crippen LogP contribution is -2.53. The molecule has 0 spiro atoms. The average Bonchev–Trinajstić information content (AvgIpc) is 2.89. The van der Waals surface area contributed by atoms with Crippen molar-refractivity contribution in [2.24, 2.45) is 5.92 Å². The zero-order valence-corrected chi connectivity index (χ0v) is 24.2. The van der Waals surface area contributed by atoms with E-state index in [1.807, 2.05) is 81.4 Å². The van der Waals surface area contributed by atoms with Gasteiger partial charge in [-0.25, -0.2) is 8.42 Å². The quantitative estimate of drug-likeness (QED) is 0.361. The van der Waals surface area contributed by atoms with Crippen LogP contribution < -0.4 is 9.62 Å². The third-order valence-electron chi connectivity index (χ3n) is 6.62. The first-order valence-electron chi connectivity index (χ1n) is 13.2. The van der Waals surface area contributed by atoms with Crippen LogP contribution in [0.4, 0.5) is 5.69 Å². The highest BCUT2D eigenvalue weighted by Gasteiger charge is 2.33. The molecular weight excluding hydrogens is 510 g/mol. The maximum Gasteiger partial charge on any atom is 0.244 e. The van der Waals surface area contributed by atoms with E-state index in [1.54, 1.807) is 25.1 Å². The van der Waals surface area contributed by atoms with Crippen LogP contribution in [0.15, 0.2) is 78.9 Å². The number of para-hydroxylation sites is 1. The number of hydrogen-bond acceptors (Lipinski definition) is 4. The minimum atomic E-state index is -3.79. The molecule has 0 unspecified atom stereocenters. The van der Waals surface area contributed by atoms with Gasteiger partial charge in [-0.15, -0.1) is 0 Å². The van der Waals surface area contributed by atoms with E-state index in [0.717, 1.165) is 32.8 Å². The molecule has 208 valence electrons. The number of hydrogen-bond donors (Lipinski definition) is 1. The minimum Gasteiger partial charge on any atom is -0.354 e. The van der Waals surface area contributed by atoms with Gasteiger partial charge in [-0.2, -0.15) is 0 Å². The van der Waals surface area contributed by atoms with Crippen LogP contribution in [0.2, 0.25) is 0 Å². The van der Waals surface area contributed by atoms with Crippen LogP contribution in [0.1, 0.15) is 36.1 Å². The second-order valence-electron chi connectivity index (χ2n) is 10.3. The summed E-state index contributed by atoms with van der Waals surface area (Å²) in [6, 6.07) is 23.5. The number of anilines is 1. The number of carbonyl (C=O) groups excluding carboxylic acids is 2. The molecular formula is C31H39N3O4S. The fourth-order valence-electron chi connectivity index (χ4n) is 4.39. The number of carbonyl (C=O) groups is 2. The molecule has 7 nitrogen and oxygen atoms in total. The van der Waals surface area contributed by atoms with Gasteiger partial charge in [0, 0.05) is 19.5 Å². The van der Waals surface area contributed by atoms with Crippen LogP contribution in [0, 0.1) is 19.8 Å². The fourth-order valence-corrected chi connectivity index (χ4v) is 5.29. The van der Waals surface area contributed by atoms with Crippen molar-refractivity contribution in [2.75, 3.05) is 23.7 Å². The zero-order chi connectivity index (χ0) is 28.6. The molecule has 1 atom stereocenters. The topological polar surface area (TPSA) is 86.8 Å². The number of rotatable bonds is 12. The largest absolute Gasteiger partial charge is 0.354 e. The van der Waals surface area contributed by atoms with Crippen LogP contribution in [-0.2, 0) is 32.6 Å². The summed E-state index contributed by atoms with van der Waals surface area (Å²) in [5.41, 5.74) is 3.95. The van der Waals surface area contributed by atoms with E-state index in [4.69, 9.17) is 0 Å². The third-order valence-corrected chi connectivity index (χ3v) is 7.75. The third kappa shape index (κ3) is 8.42. The standard InChI is InChI=1S/C31H39N3O4S/c1-23(2)20-32-31(36)29(19-26-15-7-6-8-16-26)33(21-27-17-11-9-13-24(27)3)30(35)22-34(39(5,37)38)28-18-12-10-14-25(28)4/h6-18,23,29H,19-22H2,1-5H3,(H,32,36)/t29-/m0/s1. The van der Waals surface area contributed by atoms with Crippen LogP contribution in [0.5, 0.6) is 0 Å². The Balaban J connectivity index is 2.06. The second-order valence-corrected chi connectivity index (χ2v) is 12.3. The first-order chi connectivity index (χ1) is 18.5. The average molecular weight is 550 g/mol. The Kier molecular flexibility index (Phi) is 10.3. The number of aryl methyl sites for hydroxylation is 2. The number of sulfonamides is 1. The molecule has 0 aromatic heterocycles. The highest BCUT2D eigenvalue weighted by molar-refractivity contribution is 7.92. The summed E-state index contributed by atoms with van der Waals surface area (Å²) in [5.74, 6) is -0.488. The highest BCUT2D eigenvalue weighted by Crippen LogP contribution is 2.24. The molecule has 0 radical (unpaired) electrons. The van der Waals surface area contributed by atoms with Gasteiger partial charge in [0.25, 0.3) is 0 Å². The van der Waals surface area contributed by atoms with Crippen molar-refractivity contribution in [3.8, 4) is 0 Å².